The van der Waals surface area contributed by atoms with Gasteiger partial charge in [-0.3, -0.25) is 9.98 Å². The van der Waals surface area contributed by atoms with Crippen molar-refractivity contribution >= 4 is 18.6 Å². The number of benzene rings is 1. The average Bonchev–Trinajstić information content (AvgIpc) is 3.05. The molecule has 0 unspecified atom stereocenters. The number of allylic oxidation sites excluding steroid dienone is 7. The van der Waals surface area contributed by atoms with Crippen LogP contribution >= 0.6 is 0 Å². The third-order valence-corrected chi connectivity index (χ3v) is 5.38. The fourth-order valence-electron chi connectivity index (χ4n) is 3.08. The molecule has 0 aromatic heterocycles. The van der Waals surface area contributed by atoms with Crippen molar-refractivity contribution in [2.75, 3.05) is 13.6 Å². The minimum Gasteiger partial charge on any atom is -0.296 e. The van der Waals surface area contributed by atoms with E-state index in [4.69, 9.17) is 0 Å². The van der Waals surface area contributed by atoms with Crippen LogP contribution in [0.1, 0.15) is 133 Å². The molecule has 0 fully saturated rings. The van der Waals surface area contributed by atoms with E-state index in [1.807, 2.05) is 83.2 Å². The molecule has 0 saturated carbocycles. The van der Waals surface area contributed by atoms with Gasteiger partial charge in [-0.2, -0.15) is 0 Å². The van der Waals surface area contributed by atoms with Gasteiger partial charge >= 0.3 is 0 Å². The van der Waals surface area contributed by atoms with Crippen molar-refractivity contribution < 1.29 is 4.58 Å². The highest BCUT2D eigenvalue weighted by molar-refractivity contribution is 5.81. The van der Waals surface area contributed by atoms with Gasteiger partial charge in [0.1, 0.15) is 12.8 Å². The first-order valence-corrected chi connectivity index (χ1v) is 17.1. The molecule has 0 radical (unpaired) electrons. The summed E-state index contributed by atoms with van der Waals surface area (Å²) in [6.07, 6.45) is 33.6. The van der Waals surface area contributed by atoms with E-state index >= 15 is 0 Å². The molecule has 0 aliphatic heterocycles. The minimum absolute atomic E-state index is 0.917. The average molecular weight is 609 g/mol. The molecule has 0 heterocycles. The molecule has 252 valence electrons. The minimum atomic E-state index is 0.917. The first-order chi connectivity index (χ1) is 21.4. The lowest BCUT2D eigenvalue weighted by Gasteiger charge is -1.95. The Balaban J connectivity index is -0.000000144. The Morgan fingerprint density at radius 1 is 0.750 bits per heavy atom. The Bertz CT molecular complexity index is 837. The summed E-state index contributed by atoms with van der Waals surface area (Å²) < 4.78 is 2.23. The molecule has 1 rings (SSSR count). The van der Waals surface area contributed by atoms with Gasteiger partial charge in [-0.05, 0) is 52.7 Å². The van der Waals surface area contributed by atoms with Gasteiger partial charge < -0.3 is 0 Å². The maximum Gasteiger partial charge on any atom is 0.164 e. The summed E-state index contributed by atoms with van der Waals surface area (Å²) >= 11 is 0. The summed E-state index contributed by atoms with van der Waals surface area (Å²) in [7, 11) is 1.73. The van der Waals surface area contributed by atoms with Crippen molar-refractivity contribution in [1.82, 2.24) is 0 Å². The van der Waals surface area contributed by atoms with Crippen LogP contribution in [0.2, 0.25) is 0 Å². The van der Waals surface area contributed by atoms with Crippen LogP contribution < -0.4 is 0 Å². The molecule has 0 saturated heterocycles. The van der Waals surface area contributed by atoms with Crippen LogP contribution in [-0.2, 0) is 0 Å². The van der Waals surface area contributed by atoms with Crippen LogP contribution in [0.3, 0.4) is 0 Å². The van der Waals surface area contributed by atoms with Crippen LogP contribution in [0.15, 0.2) is 101 Å². The largest absolute Gasteiger partial charge is 0.296 e. The van der Waals surface area contributed by atoms with E-state index in [2.05, 4.69) is 93.3 Å². The number of aryl methyl sites for hydroxylation is 1. The Morgan fingerprint density at radius 2 is 1.30 bits per heavy atom. The maximum atomic E-state index is 3.81. The molecule has 3 nitrogen and oxygen atoms in total. The third-order valence-electron chi connectivity index (χ3n) is 5.38. The number of unbranched alkanes of at least 4 members (excludes halogenated alkanes) is 7. The monoisotopic (exact) mass is 609 g/mol. The molecular formula is C41H74N3+. The number of hydrogen-bond donors (Lipinski definition) is 0. The molecule has 0 bridgehead atoms. The Hall–Kier alpha value is -3.07. The fraction of sp³-hybridized carbons (Fsp3) is 0.537. The summed E-state index contributed by atoms with van der Waals surface area (Å²) in [6.45, 7) is 27.7. The standard InChI is InChI=1S/C10H20N.C9H13N.C8H18.C7H8.C5H9N.C2H6/c1-4-7-8-10-11(6-3)9-5-2;1-4-5-6-7-9(2)8-10-3;1-3-5-7-8-6-4-2;1-7-5-3-2-4-6-7;1-3-5-6-4-2;1-2/h5-6,9H,4,7-8,10H2,1-3H3;4-8H,2H2,1,3H3;3-8H2,1-2H3;2-6H,1H3;3-5H,1-2H3;1-2H3/q+1;;;;;/b9-5-,11-6?;5-4-,7-6-,10-8?;;;5-3-,6-4?;. The predicted octanol–water partition coefficient (Wildman–Crippen LogP) is 13.2. The Morgan fingerprint density at radius 3 is 1.64 bits per heavy atom. The highest BCUT2D eigenvalue weighted by atomic mass is 15.0. The Kier molecular flexibility index (Phi) is 60.4. The number of aliphatic imine (C=N–C) groups is 2. The van der Waals surface area contributed by atoms with Gasteiger partial charge in [-0.15, -0.1) is 0 Å². The highest BCUT2D eigenvalue weighted by Gasteiger charge is 1.95. The van der Waals surface area contributed by atoms with E-state index in [0.717, 1.165) is 12.1 Å². The zero-order valence-electron chi connectivity index (χ0n) is 31.4. The Labute approximate surface area is 277 Å². The molecule has 1 aromatic rings. The van der Waals surface area contributed by atoms with Gasteiger partial charge in [0.05, 0.1) is 0 Å². The molecule has 1 aromatic carbocycles. The number of hydrogen-bond acceptors (Lipinski definition) is 2. The molecule has 0 aliphatic carbocycles. The van der Waals surface area contributed by atoms with E-state index < -0.39 is 0 Å². The number of rotatable bonds is 14. The zero-order chi connectivity index (χ0) is 34.5. The molecule has 0 amide bonds. The summed E-state index contributed by atoms with van der Waals surface area (Å²) in [5, 5.41) is 0. The van der Waals surface area contributed by atoms with Gasteiger partial charge in [0.15, 0.2) is 6.20 Å². The fourth-order valence-corrected chi connectivity index (χ4v) is 3.08. The topological polar surface area (TPSA) is 27.7 Å². The molecule has 3 heteroatoms. The molecule has 0 atom stereocenters. The van der Waals surface area contributed by atoms with Crippen molar-refractivity contribution in [2.24, 2.45) is 9.98 Å². The first kappa shape index (κ1) is 50.6. The van der Waals surface area contributed by atoms with Gasteiger partial charge in [-0.25, -0.2) is 4.58 Å². The van der Waals surface area contributed by atoms with Crippen LogP contribution in [0, 0.1) is 6.92 Å². The lowest BCUT2D eigenvalue weighted by molar-refractivity contribution is -0.453. The van der Waals surface area contributed by atoms with Gasteiger partial charge in [-0.1, -0.05) is 152 Å². The first-order valence-electron chi connectivity index (χ1n) is 17.1. The summed E-state index contributed by atoms with van der Waals surface area (Å²) in [4.78, 5) is 7.60. The van der Waals surface area contributed by atoms with Crippen LogP contribution in [0.5, 0.6) is 0 Å². The van der Waals surface area contributed by atoms with Crippen LogP contribution in [0.25, 0.3) is 0 Å². The zero-order valence-corrected chi connectivity index (χ0v) is 31.4. The summed E-state index contributed by atoms with van der Waals surface area (Å²) in [6, 6.07) is 10.3. The molecule has 0 aliphatic rings. The predicted molar refractivity (Wildman–Crippen MR) is 209 cm³/mol. The van der Waals surface area contributed by atoms with Crippen molar-refractivity contribution in [3.8, 4) is 0 Å². The van der Waals surface area contributed by atoms with E-state index in [-0.39, 0.29) is 0 Å². The van der Waals surface area contributed by atoms with Gasteiger partial charge in [0, 0.05) is 39.0 Å². The van der Waals surface area contributed by atoms with E-state index in [1.54, 1.807) is 25.7 Å². The number of nitrogens with zero attached hydrogens (tertiary/aromatic N) is 3. The van der Waals surface area contributed by atoms with Crippen molar-refractivity contribution in [1.29, 1.82) is 0 Å². The van der Waals surface area contributed by atoms with E-state index in [1.165, 1.54) is 63.4 Å². The van der Waals surface area contributed by atoms with Crippen molar-refractivity contribution in [3.63, 3.8) is 0 Å². The van der Waals surface area contributed by atoms with Gasteiger partial charge in [0.25, 0.3) is 0 Å². The summed E-state index contributed by atoms with van der Waals surface area (Å²) in [5.74, 6) is 0. The second kappa shape index (κ2) is 52.6. The molecule has 0 N–H and O–H groups in total. The lowest BCUT2D eigenvalue weighted by atomic mass is 10.1. The van der Waals surface area contributed by atoms with Crippen molar-refractivity contribution in [3.05, 3.63) is 96.9 Å². The van der Waals surface area contributed by atoms with Crippen LogP contribution in [0.4, 0.5) is 0 Å². The highest BCUT2D eigenvalue weighted by Crippen LogP contribution is 2.03. The third kappa shape index (κ3) is 58.5. The normalized spacial score (nSPS) is 10.9. The van der Waals surface area contributed by atoms with Gasteiger partial charge in [0.2, 0.25) is 0 Å². The van der Waals surface area contributed by atoms with E-state index in [0.29, 0.717) is 0 Å². The smallest absolute Gasteiger partial charge is 0.164 e. The lowest BCUT2D eigenvalue weighted by Crippen LogP contribution is -2.05. The second-order valence-corrected chi connectivity index (χ2v) is 9.49. The van der Waals surface area contributed by atoms with Crippen molar-refractivity contribution in [2.45, 2.75) is 134 Å². The SMILES string of the molecule is C=C(C=NC)/C=C\C=C/C.CC.CC=N/C=C\C.CC=[N+](/C=C\C)CCCCC.CCCCCCCC.Cc1ccccc1. The molecule has 0 spiro atoms. The maximum absolute atomic E-state index is 3.81. The van der Waals surface area contributed by atoms with Crippen LogP contribution in [-0.4, -0.2) is 36.8 Å². The molecular weight excluding hydrogens is 534 g/mol. The molecule has 44 heavy (non-hydrogen) atoms. The quantitative estimate of drug-likeness (QED) is 0.0869. The van der Waals surface area contributed by atoms with E-state index in [9.17, 15) is 0 Å². The second-order valence-electron chi connectivity index (χ2n) is 9.49. The summed E-state index contributed by atoms with van der Waals surface area (Å²) in [5.41, 5.74) is 2.24.